The zero-order valence-corrected chi connectivity index (χ0v) is 19.1. The highest BCUT2D eigenvalue weighted by Gasteiger charge is 2.11. The van der Waals surface area contributed by atoms with Crippen molar-refractivity contribution in [2.45, 2.75) is 13.5 Å². The summed E-state index contributed by atoms with van der Waals surface area (Å²) in [5.74, 6) is 0.669. The summed E-state index contributed by atoms with van der Waals surface area (Å²) in [6.07, 6.45) is 1.72. The Kier molecular flexibility index (Phi) is 7.03. The van der Waals surface area contributed by atoms with Crippen LogP contribution in [-0.2, 0) is 6.61 Å². The van der Waals surface area contributed by atoms with Crippen LogP contribution in [-0.4, -0.2) is 4.92 Å². The van der Waals surface area contributed by atoms with E-state index in [4.69, 9.17) is 4.74 Å². The Bertz CT molecular complexity index is 1140. The quantitative estimate of drug-likeness (QED) is 0.149. The summed E-state index contributed by atoms with van der Waals surface area (Å²) in [7, 11) is 0. The summed E-state index contributed by atoms with van der Waals surface area (Å²) in [6, 6.07) is 19.9. The van der Waals surface area contributed by atoms with Crippen molar-refractivity contribution in [1.29, 1.82) is 5.26 Å². The molecule has 0 amide bonds. The van der Waals surface area contributed by atoms with Crippen molar-refractivity contribution in [2.24, 2.45) is 0 Å². The van der Waals surface area contributed by atoms with E-state index >= 15 is 0 Å². The second kappa shape index (κ2) is 9.70. The van der Waals surface area contributed by atoms with Crippen molar-refractivity contribution in [2.75, 3.05) is 0 Å². The third kappa shape index (κ3) is 5.35. The fourth-order valence-electron chi connectivity index (χ4n) is 2.87. The molecule has 150 valence electrons. The SMILES string of the molecule is Cc1cccc(COc2c(Br)cc(/C=C(/C#N)c3ccc([N+](=O)[O-])cc3)cc2Br)c1. The molecule has 0 heterocycles. The molecular formula is C23H16Br2N2O3. The maximum Gasteiger partial charge on any atom is 0.269 e. The van der Waals surface area contributed by atoms with Gasteiger partial charge in [0.1, 0.15) is 12.4 Å². The van der Waals surface area contributed by atoms with E-state index in [1.165, 1.54) is 17.7 Å². The van der Waals surface area contributed by atoms with Gasteiger partial charge in [0.15, 0.2) is 0 Å². The number of aryl methyl sites for hydroxylation is 1. The summed E-state index contributed by atoms with van der Waals surface area (Å²) < 4.78 is 7.47. The normalized spacial score (nSPS) is 11.1. The summed E-state index contributed by atoms with van der Waals surface area (Å²) in [4.78, 5) is 10.3. The molecule has 0 aliphatic heterocycles. The summed E-state index contributed by atoms with van der Waals surface area (Å²) >= 11 is 7.07. The molecule has 0 N–H and O–H groups in total. The van der Waals surface area contributed by atoms with Gasteiger partial charge in [-0.2, -0.15) is 5.26 Å². The minimum absolute atomic E-state index is 0.0170. The van der Waals surface area contributed by atoms with Crippen molar-refractivity contribution in [3.8, 4) is 11.8 Å². The highest BCUT2D eigenvalue weighted by atomic mass is 79.9. The molecule has 7 heteroatoms. The molecule has 0 atom stereocenters. The Morgan fingerprint density at radius 3 is 2.37 bits per heavy atom. The van der Waals surface area contributed by atoms with Gasteiger partial charge in [-0.05, 0) is 85.8 Å². The van der Waals surface area contributed by atoms with E-state index in [2.05, 4.69) is 44.0 Å². The lowest BCUT2D eigenvalue weighted by molar-refractivity contribution is -0.384. The number of rotatable bonds is 6. The van der Waals surface area contributed by atoms with E-state index < -0.39 is 4.92 Å². The molecule has 0 aromatic heterocycles. The van der Waals surface area contributed by atoms with Gasteiger partial charge in [-0.1, -0.05) is 29.8 Å². The standard InChI is InChI=1S/C23H16Br2N2O3/c1-15-3-2-4-16(9-15)14-30-23-21(24)11-17(12-22(23)25)10-19(13-26)18-5-7-20(8-6-18)27(28)29/h2-12H,14H2,1H3/b19-10-. The number of halogens is 2. The lowest BCUT2D eigenvalue weighted by Gasteiger charge is -2.12. The summed E-state index contributed by atoms with van der Waals surface area (Å²) in [6.45, 7) is 2.47. The lowest BCUT2D eigenvalue weighted by Crippen LogP contribution is -1.97. The van der Waals surface area contributed by atoms with E-state index in [1.54, 1.807) is 18.2 Å². The minimum atomic E-state index is -0.469. The molecule has 30 heavy (non-hydrogen) atoms. The number of nitro benzene ring substituents is 1. The van der Waals surface area contributed by atoms with Gasteiger partial charge in [0.2, 0.25) is 0 Å². The van der Waals surface area contributed by atoms with Crippen molar-refractivity contribution < 1.29 is 9.66 Å². The Hall–Kier alpha value is -2.95. The number of nitrogens with zero attached hydrogens (tertiary/aromatic N) is 2. The van der Waals surface area contributed by atoms with Crippen LogP contribution < -0.4 is 4.74 Å². The topological polar surface area (TPSA) is 76.2 Å². The van der Waals surface area contributed by atoms with E-state index in [0.717, 1.165) is 20.1 Å². The first kappa shape index (κ1) is 21.8. The molecule has 0 aliphatic carbocycles. The molecule has 0 bridgehead atoms. The predicted molar refractivity (Wildman–Crippen MR) is 124 cm³/mol. The third-order valence-electron chi connectivity index (χ3n) is 4.31. The van der Waals surface area contributed by atoms with Gasteiger partial charge < -0.3 is 4.74 Å². The first-order valence-corrected chi connectivity index (χ1v) is 10.5. The van der Waals surface area contributed by atoms with Crippen molar-refractivity contribution in [3.63, 3.8) is 0 Å². The predicted octanol–water partition coefficient (Wildman–Crippen LogP) is 7.07. The molecular weight excluding hydrogens is 512 g/mol. The smallest absolute Gasteiger partial charge is 0.269 e. The largest absolute Gasteiger partial charge is 0.487 e. The van der Waals surface area contributed by atoms with E-state index in [0.29, 0.717) is 23.5 Å². The monoisotopic (exact) mass is 526 g/mol. The molecule has 5 nitrogen and oxygen atoms in total. The maximum atomic E-state index is 10.8. The number of non-ortho nitro benzene ring substituents is 1. The average Bonchev–Trinajstić information content (AvgIpc) is 2.71. The van der Waals surface area contributed by atoms with Gasteiger partial charge in [-0.3, -0.25) is 10.1 Å². The van der Waals surface area contributed by atoms with Crippen LogP contribution in [0.1, 0.15) is 22.3 Å². The van der Waals surface area contributed by atoms with Crippen LogP contribution >= 0.6 is 31.9 Å². The maximum absolute atomic E-state index is 10.8. The number of hydrogen-bond donors (Lipinski definition) is 0. The van der Waals surface area contributed by atoms with Crippen LogP contribution in [0.2, 0.25) is 0 Å². The van der Waals surface area contributed by atoms with Crippen LogP contribution in [0.25, 0.3) is 11.6 Å². The molecule has 3 aromatic rings. The zero-order chi connectivity index (χ0) is 21.7. The fraction of sp³-hybridized carbons (Fsp3) is 0.0870. The van der Waals surface area contributed by atoms with E-state index in [1.807, 2.05) is 37.3 Å². The van der Waals surface area contributed by atoms with Gasteiger partial charge in [0.05, 0.1) is 25.5 Å². The Morgan fingerprint density at radius 2 is 1.80 bits per heavy atom. The third-order valence-corrected chi connectivity index (χ3v) is 5.48. The highest BCUT2D eigenvalue weighted by Crippen LogP contribution is 2.36. The van der Waals surface area contributed by atoms with Gasteiger partial charge in [0, 0.05) is 12.1 Å². The van der Waals surface area contributed by atoms with Gasteiger partial charge in [0.25, 0.3) is 5.69 Å². The minimum Gasteiger partial charge on any atom is -0.487 e. The molecule has 0 aliphatic rings. The van der Waals surface area contributed by atoms with E-state index in [-0.39, 0.29) is 5.69 Å². The number of allylic oxidation sites excluding steroid dienone is 1. The number of nitriles is 1. The van der Waals surface area contributed by atoms with Crippen LogP contribution in [0, 0.1) is 28.4 Å². The Morgan fingerprint density at radius 1 is 1.13 bits per heavy atom. The second-order valence-electron chi connectivity index (χ2n) is 6.57. The zero-order valence-electron chi connectivity index (χ0n) is 15.9. The van der Waals surface area contributed by atoms with Crippen LogP contribution in [0.5, 0.6) is 5.75 Å². The summed E-state index contributed by atoms with van der Waals surface area (Å²) in [5, 5.41) is 20.4. The van der Waals surface area contributed by atoms with Crippen molar-refractivity contribution in [1.82, 2.24) is 0 Å². The first-order valence-electron chi connectivity index (χ1n) is 8.91. The lowest BCUT2D eigenvalue weighted by atomic mass is 10.0. The van der Waals surface area contributed by atoms with Crippen molar-refractivity contribution in [3.05, 3.63) is 102 Å². The first-order chi connectivity index (χ1) is 14.4. The van der Waals surface area contributed by atoms with Gasteiger partial charge in [-0.15, -0.1) is 0 Å². The Labute approximate surface area is 191 Å². The number of benzene rings is 3. The average molecular weight is 528 g/mol. The summed E-state index contributed by atoms with van der Waals surface area (Å²) in [5.41, 5.74) is 4.02. The van der Waals surface area contributed by atoms with Crippen LogP contribution in [0.4, 0.5) is 5.69 Å². The Balaban J connectivity index is 1.84. The second-order valence-corrected chi connectivity index (χ2v) is 8.27. The molecule has 0 saturated heterocycles. The number of nitro groups is 1. The fourth-order valence-corrected chi connectivity index (χ4v) is 4.32. The molecule has 3 rings (SSSR count). The van der Waals surface area contributed by atoms with Gasteiger partial charge in [-0.25, -0.2) is 0 Å². The molecule has 0 unspecified atom stereocenters. The number of hydrogen-bond acceptors (Lipinski definition) is 4. The molecule has 0 spiro atoms. The van der Waals surface area contributed by atoms with E-state index in [9.17, 15) is 15.4 Å². The van der Waals surface area contributed by atoms with Crippen LogP contribution in [0.3, 0.4) is 0 Å². The molecule has 0 saturated carbocycles. The van der Waals surface area contributed by atoms with Crippen molar-refractivity contribution >= 4 is 49.2 Å². The number of ether oxygens (including phenoxy) is 1. The molecule has 0 radical (unpaired) electrons. The molecule has 0 fully saturated rings. The molecule has 3 aromatic carbocycles. The highest BCUT2D eigenvalue weighted by molar-refractivity contribution is 9.11. The van der Waals surface area contributed by atoms with Crippen LogP contribution in [0.15, 0.2) is 69.6 Å². The van der Waals surface area contributed by atoms with Gasteiger partial charge >= 0.3 is 0 Å².